The fourth-order valence-electron chi connectivity index (χ4n) is 1.68. The van der Waals surface area contributed by atoms with E-state index in [2.05, 4.69) is 31.2 Å². The lowest BCUT2D eigenvalue weighted by Crippen LogP contribution is -2.11. The fourth-order valence-corrected chi connectivity index (χ4v) is 2.00. The molecule has 2 heterocycles. The van der Waals surface area contributed by atoms with Crippen LogP contribution in [0.2, 0.25) is 0 Å². The summed E-state index contributed by atoms with van der Waals surface area (Å²) >= 11 is 3.36. The van der Waals surface area contributed by atoms with Crippen LogP contribution in [0.5, 0.6) is 0 Å². The molecule has 0 saturated carbocycles. The number of hydrogen-bond acceptors (Lipinski definition) is 5. The Balaban J connectivity index is 2.06. The molecule has 0 atom stereocenters. The lowest BCUT2D eigenvalue weighted by Gasteiger charge is -2.08. The molecule has 0 radical (unpaired) electrons. The lowest BCUT2D eigenvalue weighted by atomic mass is 10.2. The van der Waals surface area contributed by atoms with Crippen LogP contribution >= 0.6 is 15.9 Å². The quantitative estimate of drug-likeness (QED) is 0.857. The van der Waals surface area contributed by atoms with Crippen molar-refractivity contribution in [2.24, 2.45) is 0 Å². The van der Waals surface area contributed by atoms with E-state index in [0.717, 1.165) is 21.2 Å². The van der Waals surface area contributed by atoms with Crippen molar-refractivity contribution in [3.8, 4) is 0 Å². The van der Waals surface area contributed by atoms with Gasteiger partial charge in [-0.05, 0) is 35.0 Å². The predicted molar refractivity (Wildman–Crippen MR) is 77.0 cm³/mol. The number of ether oxygens (including phenoxy) is 1. The van der Waals surface area contributed by atoms with E-state index in [-0.39, 0.29) is 5.97 Å². The van der Waals surface area contributed by atoms with Crippen molar-refractivity contribution in [3.63, 3.8) is 0 Å². The zero-order chi connectivity index (χ0) is 13.7. The van der Waals surface area contributed by atoms with Crippen LogP contribution in [0.3, 0.4) is 0 Å². The Kier molecular flexibility index (Phi) is 4.68. The number of rotatable bonds is 5. The van der Waals surface area contributed by atoms with Gasteiger partial charge in [0.05, 0.1) is 24.2 Å². The monoisotopic (exact) mass is 323 g/mol. The molecule has 2 rings (SSSR count). The van der Waals surface area contributed by atoms with Crippen LogP contribution in [0.1, 0.15) is 13.3 Å². The van der Waals surface area contributed by atoms with Crippen LogP contribution in [0, 0.1) is 0 Å². The van der Waals surface area contributed by atoms with Gasteiger partial charge in [-0.2, -0.15) is 0 Å². The lowest BCUT2D eigenvalue weighted by molar-refractivity contribution is -0.142. The Bertz CT molecular complexity index is 589. The van der Waals surface area contributed by atoms with Gasteiger partial charge in [0.15, 0.2) is 0 Å². The van der Waals surface area contributed by atoms with Gasteiger partial charge in [-0.15, -0.1) is 0 Å². The van der Waals surface area contributed by atoms with Crippen LogP contribution in [-0.2, 0) is 9.53 Å². The highest BCUT2D eigenvalue weighted by Gasteiger charge is 2.05. The maximum absolute atomic E-state index is 11.2. The molecular formula is C13H14BrN3O2. The molecule has 0 aliphatic carbocycles. The molecule has 19 heavy (non-hydrogen) atoms. The van der Waals surface area contributed by atoms with Gasteiger partial charge in [0.1, 0.15) is 5.52 Å². The molecule has 100 valence electrons. The molecule has 0 aliphatic heterocycles. The number of esters is 1. The Hall–Kier alpha value is -1.69. The van der Waals surface area contributed by atoms with Crippen molar-refractivity contribution in [3.05, 3.63) is 29.0 Å². The minimum Gasteiger partial charge on any atom is -0.466 e. The molecule has 6 heteroatoms. The van der Waals surface area contributed by atoms with Crippen molar-refractivity contribution in [2.45, 2.75) is 13.3 Å². The molecular weight excluding hydrogens is 310 g/mol. The average molecular weight is 324 g/mol. The number of carbonyl (C=O) groups is 1. The Morgan fingerprint density at radius 2 is 2.32 bits per heavy atom. The van der Waals surface area contributed by atoms with Gasteiger partial charge in [0.25, 0.3) is 0 Å². The summed E-state index contributed by atoms with van der Waals surface area (Å²) < 4.78 is 5.76. The van der Waals surface area contributed by atoms with Gasteiger partial charge in [-0.3, -0.25) is 14.8 Å². The minimum absolute atomic E-state index is 0.205. The summed E-state index contributed by atoms with van der Waals surface area (Å²) in [5.74, 6) is -0.205. The van der Waals surface area contributed by atoms with E-state index >= 15 is 0 Å². The molecule has 0 bridgehead atoms. The van der Waals surface area contributed by atoms with E-state index in [1.807, 2.05) is 12.1 Å². The highest BCUT2D eigenvalue weighted by Crippen LogP contribution is 2.21. The van der Waals surface area contributed by atoms with E-state index in [1.54, 1.807) is 19.3 Å². The number of pyridine rings is 2. The molecule has 0 aromatic carbocycles. The molecule has 5 nitrogen and oxygen atoms in total. The van der Waals surface area contributed by atoms with Gasteiger partial charge in [0, 0.05) is 23.4 Å². The van der Waals surface area contributed by atoms with Gasteiger partial charge >= 0.3 is 5.97 Å². The van der Waals surface area contributed by atoms with Gasteiger partial charge in [0.2, 0.25) is 0 Å². The first kappa shape index (κ1) is 13.7. The summed E-state index contributed by atoms with van der Waals surface area (Å²) in [6, 6.07) is 3.74. The summed E-state index contributed by atoms with van der Waals surface area (Å²) in [6.45, 7) is 2.71. The fraction of sp³-hybridized carbons (Fsp3) is 0.308. The normalized spacial score (nSPS) is 10.4. The minimum atomic E-state index is -0.205. The first-order valence-corrected chi connectivity index (χ1v) is 6.79. The summed E-state index contributed by atoms with van der Waals surface area (Å²) in [4.78, 5) is 19.8. The molecule has 0 fully saturated rings. The molecule has 0 saturated heterocycles. The first-order chi connectivity index (χ1) is 9.20. The average Bonchev–Trinajstić information content (AvgIpc) is 2.39. The summed E-state index contributed by atoms with van der Waals surface area (Å²) in [5.41, 5.74) is 2.45. The maximum atomic E-state index is 11.2. The van der Waals surface area contributed by atoms with E-state index in [4.69, 9.17) is 4.74 Å². The summed E-state index contributed by atoms with van der Waals surface area (Å²) in [6.07, 6.45) is 3.76. The van der Waals surface area contributed by atoms with Gasteiger partial charge in [-0.25, -0.2) is 0 Å². The van der Waals surface area contributed by atoms with Crippen LogP contribution in [-0.4, -0.2) is 29.1 Å². The van der Waals surface area contributed by atoms with Crippen molar-refractivity contribution in [2.75, 3.05) is 18.5 Å². The highest BCUT2D eigenvalue weighted by atomic mass is 79.9. The standard InChI is InChI=1S/C13H14BrN3O2/c1-2-19-12(18)4-6-15-10-3-5-16-11-7-9(14)8-17-13(10)11/h3,5,7-8H,2,4,6H2,1H3,(H,15,16). The zero-order valence-electron chi connectivity index (χ0n) is 10.5. The molecule has 2 aromatic heterocycles. The number of halogens is 1. The van der Waals surface area contributed by atoms with Crippen molar-refractivity contribution >= 4 is 38.6 Å². The topological polar surface area (TPSA) is 64.1 Å². The summed E-state index contributed by atoms with van der Waals surface area (Å²) in [5, 5.41) is 3.18. The van der Waals surface area contributed by atoms with E-state index < -0.39 is 0 Å². The largest absolute Gasteiger partial charge is 0.466 e. The first-order valence-electron chi connectivity index (χ1n) is 6.00. The third-order valence-electron chi connectivity index (χ3n) is 2.49. The van der Waals surface area contributed by atoms with Gasteiger partial charge in [-0.1, -0.05) is 0 Å². The maximum Gasteiger partial charge on any atom is 0.307 e. The smallest absolute Gasteiger partial charge is 0.307 e. The molecule has 0 unspecified atom stereocenters. The van der Waals surface area contributed by atoms with E-state index in [1.165, 1.54) is 0 Å². The Morgan fingerprint density at radius 1 is 1.47 bits per heavy atom. The molecule has 0 spiro atoms. The molecule has 0 amide bonds. The number of nitrogens with zero attached hydrogens (tertiary/aromatic N) is 2. The van der Waals surface area contributed by atoms with E-state index in [0.29, 0.717) is 19.6 Å². The van der Waals surface area contributed by atoms with Crippen molar-refractivity contribution < 1.29 is 9.53 Å². The molecule has 1 N–H and O–H groups in total. The van der Waals surface area contributed by atoms with Crippen molar-refractivity contribution in [1.29, 1.82) is 0 Å². The number of nitrogens with one attached hydrogen (secondary N) is 1. The van der Waals surface area contributed by atoms with Gasteiger partial charge < -0.3 is 10.1 Å². The van der Waals surface area contributed by atoms with E-state index in [9.17, 15) is 4.79 Å². The second-order valence-electron chi connectivity index (χ2n) is 3.86. The third kappa shape index (κ3) is 3.64. The summed E-state index contributed by atoms with van der Waals surface area (Å²) in [7, 11) is 0. The third-order valence-corrected chi connectivity index (χ3v) is 2.93. The Morgan fingerprint density at radius 3 is 3.11 bits per heavy atom. The highest BCUT2D eigenvalue weighted by molar-refractivity contribution is 9.10. The predicted octanol–water partition coefficient (Wildman–Crippen LogP) is 2.76. The van der Waals surface area contributed by atoms with Crippen LogP contribution in [0.4, 0.5) is 5.69 Å². The number of hydrogen-bond donors (Lipinski definition) is 1. The second kappa shape index (κ2) is 6.47. The number of fused-ring (bicyclic) bond motifs is 1. The number of carbonyl (C=O) groups excluding carboxylic acids is 1. The number of anilines is 1. The second-order valence-corrected chi connectivity index (χ2v) is 4.78. The van der Waals surface area contributed by atoms with Crippen LogP contribution in [0.15, 0.2) is 29.0 Å². The van der Waals surface area contributed by atoms with Crippen LogP contribution < -0.4 is 5.32 Å². The SMILES string of the molecule is CCOC(=O)CCNc1ccnc2cc(Br)cnc12. The van der Waals surface area contributed by atoms with Crippen LogP contribution in [0.25, 0.3) is 11.0 Å². The Labute approximate surface area is 119 Å². The molecule has 0 aliphatic rings. The molecule has 2 aromatic rings. The van der Waals surface area contributed by atoms with Crippen molar-refractivity contribution in [1.82, 2.24) is 9.97 Å². The number of aromatic nitrogens is 2. The zero-order valence-corrected chi connectivity index (χ0v) is 12.1.